The van der Waals surface area contributed by atoms with E-state index in [-0.39, 0.29) is 0 Å². The number of aryl methyl sites for hydroxylation is 2. The van der Waals surface area contributed by atoms with Gasteiger partial charge in [-0.1, -0.05) is 6.07 Å². The second-order valence-corrected chi connectivity index (χ2v) is 3.91. The number of hydrogen-bond acceptors (Lipinski definition) is 2. The van der Waals surface area contributed by atoms with Crippen LogP contribution in [-0.4, -0.2) is 16.6 Å². The van der Waals surface area contributed by atoms with Crippen molar-refractivity contribution in [3.8, 4) is 5.75 Å². The van der Waals surface area contributed by atoms with Gasteiger partial charge in [-0.3, -0.25) is 0 Å². The summed E-state index contributed by atoms with van der Waals surface area (Å²) in [4.78, 5) is 3.25. The average Bonchev–Trinajstić information content (AvgIpc) is 2.49. The highest BCUT2D eigenvalue weighted by atomic mass is 16.3. The number of aromatic nitrogens is 1. The lowest BCUT2D eigenvalue weighted by Crippen LogP contribution is -2.02. The van der Waals surface area contributed by atoms with Crippen molar-refractivity contribution in [2.24, 2.45) is 5.73 Å². The third kappa shape index (κ3) is 1.49. The molecule has 1 heterocycles. The number of aromatic hydroxyl groups is 1. The standard InChI is InChI=1S/C12H16N2O/c1-7-8(2)14-10-4-3-9(5-6-13)12(15)11(7)10/h3-4,14-15H,5-6,13H2,1-2H3. The van der Waals surface area contributed by atoms with E-state index in [1.54, 1.807) is 0 Å². The maximum Gasteiger partial charge on any atom is 0.128 e. The van der Waals surface area contributed by atoms with Crippen molar-refractivity contribution in [3.05, 3.63) is 29.0 Å². The summed E-state index contributed by atoms with van der Waals surface area (Å²) < 4.78 is 0. The predicted molar refractivity (Wildman–Crippen MR) is 62.2 cm³/mol. The van der Waals surface area contributed by atoms with Crippen molar-refractivity contribution in [2.75, 3.05) is 6.54 Å². The lowest BCUT2D eigenvalue weighted by molar-refractivity contribution is 0.474. The summed E-state index contributed by atoms with van der Waals surface area (Å²) in [6.07, 6.45) is 0.714. The molecule has 3 heteroatoms. The molecule has 80 valence electrons. The summed E-state index contributed by atoms with van der Waals surface area (Å²) in [7, 11) is 0. The summed E-state index contributed by atoms with van der Waals surface area (Å²) in [6, 6.07) is 3.93. The molecule has 1 aromatic heterocycles. The lowest BCUT2D eigenvalue weighted by Gasteiger charge is -2.04. The first-order chi connectivity index (χ1) is 7.15. The fourth-order valence-electron chi connectivity index (χ4n) is 1.96. The molecule has 0 unspecified atom stereocenters. The molecular formula is C12H16N2O. The molecule has 0 bridgehead atoms. The highest BCUT2D eigenvalue weighted by Crippen LogP contribution is 2.32. The zero-order valence-corrected chi connectivity index (χ0v) is 9.09. The largest absolute Gasteiger partial charge is 0.507 e. The van der Waals surface area contributed by atoms with Gasteiger partial charge in [-0.15, -0.1) is 0 Å². The zero-order chi connectivity index (χ0) is 11.0. The van der Waals surface area contributed by atoms with Crippen LogP contribution in [0.2, 0.25) is 0 Å². The number of rotatable bonds is 2. The number of phenolic OH excluding ortho intramolecular Hbond substituents is 1. The smallest absolute Gasteiger partial charge is 0.128 e. The van der Waals surface area contributed by atoms with Crippen molar-refractivity contribution in [2.45, 2.75) is 20.3 Å². The molecule has 0 amide bonds. The van der Waals surface area contributed by atoms with Crippen molar-refractivity contribution in [3.63, 3.8) is 0 Å². The Balaban J connectivity index is 2.71. The van der Waals surface area contributed by atoms with Crippen LogP contribution in [0, 0.1) is 13.8 Å². The first kappa shape index (κ1) is 10.1. The summed E-state index contributed by atoms with van der Waals surface area (Å²) >= 11 is 0. The van der Waals surface area contributed by atoms with Crippen molar-refractivity contribution >= 4 is 10.9 Å². The first-order valence-corrected chi connectivity index (χ1v) is 5.15. The molecule has 2 rings (SSSR count). The Morgan fingerprint density at radius 3 is 2.73 bits per heavy atom. The normalized spacial score (nSPS) is 11.1. The maximum absolute atomic E-state index is 10.1. The number of H-pyrrole nitrogens is 1. The van der Waals surface area contributed by atoms with Crippen LogP contribution in [0.4, 0.5) is 0 Å². The molecule has 0 spiro atoms. The first-order valence-electron chi connectivity index (χ1n) is 5.15. The van der Waals surface area contributed by atoms with E-state index < -0.39 is 0 Å². The van der Waals surface area contributed by atoms with Crippen LogP contribution in [-0.2, 0) is 6.42 Å². The number of aromatic amines is 1. The summed E-state index contributed by atoms with van der Waals surface area (Å²) in [5, 5.41) is 11.0. The monoisotopic (exact) mass is 204 g/mol. The summed E-state index contributed by atoms with van der Waals surface area (Å²) in [5.41, 5.74) is 9.62. The van der Waals surface area contributed by atoms with Crippen LogP contribution >= 0.6 is 0 Å². The summed E-state index contributed by atoms with van der Waals surface area (Å²) in [6.45, 7) is 4.58. The van der Waals surface area contributed by atoms with Gasteiger partial charge in [0.05, 0.1) is 0 Å². The van der Waals surface area contributed by atoms with Crippen LogP contribution in [0.1, 0.15) is 16.8 Å². The molecule has 2 aromatic rings. The SMILES string of the molecule is Cc1[nH]c2ccc(CCN)c(O)c2c1C. The van der Waals surface area contributed by atoms with E-state index in [0.29, 0.717) is 18.7 Å². The van der Waals surface area contributed by atoms with E-state index in [0.717, 1.165) is 27.7 Å². The van der Waals surface area contributed by atoms with E-state index in [4.69, 9.17) is 5.73 Å². The minimum Gasteiger partial charge on any atom is -0.507 e. The van der Waals surface area contributed by atoms with Crippen molar-refractivity contribution in [1.82, 2.24) is 4.98 Å². The Kier molecular flexibility index (Phi) is 2.40. The third-order valence-corrected chi connectivity index (χ3v) is 2.93. The number of nitrogens with two attached hydrogens (primary N) is 1. The number of hydrogen-bond donors (Lipinski definition) is 3. The van der Waals surface area contributed by atoms with Crippen molar-refractivity contribution in [1.29, 1.82) is 0 Å². The highest BCUT2D eigenvalue weighted by Gasteiger charge is 2.11. The Hall–Kier alpha value is -1.48. The molecule has 0 atom stereocenters. The number of phenols is 1. The second kappa shape index (κ2) is 3.59. The zero-order valence-electron chi connectivity index (χ0n) is 9.09. The van der Waals surface area contributed by atoms with E-state index in [9.17, 15) is 5.11 Å². The van der Waals surface area contributed by atoms with Crippen LogP contribution in [0.3, 0.4) is 0 Å². The molecule has 0 aliphatic carbocycles. The molecule has 0 saturated heterocycles. The van der Waals surface area contributed by atoms with E-state index in [2.05, 4.69) is 4.98 Å². The van der Waals surface area contributed by atoms with Gasteiger partial charge in [0.25, 0.3) is 0 Å². The van der Waals surface area contributed by atoms with Gasteiger partial charge in [0.1, 0.15) is 5.75 Å². The topological polar surface area (TPSA) is 62.0 Å². The molecule has 0 fully saturated rings. The molecular weight excluding hydrogens is 188 g/mol. The Morgan fingerprint density at radius 1 is 1.33 bits per heavy atom. The predicted octanol–water partition coefficient (Wildman–Crippen LogP) is 1.99. The lowest BCUT2D eigenvalue weighted by atomic mass is 10.0. The van der Waals surface area contributed by atoms with Gasteiger partial charge >= 0.3 is 0 Å². The second-order valence-electron chi connectivity index (χ2n) is 3.91. The van der Waals surface area contributed by atoms with Gasteiger partial charge in [-0.2, -0.15) is 0 Å². The molecule has 0 saturated carbocycles. The molecule has 15 heavy (non-hydrogen) atoms. The Bertz CT molecular complexity index is 500. The van der Waals surface area contributed by atoms with Crippen LogP contribution in [0.25, 0.3) is 10.9 Å². The Labute approximate surface area is 88.9 Å². The molecule has 0 aliphatic rings. The van der Waals surface area contributed by atoms with Gasteiger partial charge in [-0.25, -0.2) is 0 Å². The fourth-order valence-corrected chi connectivity index (χ4v) is 1.96. The Morgan fingerprint density at radius 2 is 2.07 bits per heavy atom. The number of benzene rings is 1. The fraction of sp³-hybridized carbons (Fsp3) is 0.333. The van der Waals surface area contributed by atoms with Crippen LogP contribution < -0.4 is 5.73 Å². The minimum absolute atomic E-state index is 0.375. The van der Waals surface area contributed by atoms with E-state index >= 15 is 0 Å². The molecule has 4 N–H and O–H groups in total. The van der Waals surface area contributed by atoms with E-state index in [1.165, 1.54) is 0 Å². The third-order valence-electron chi connectivity index (χ3n) is 2.93. The molecule has 0 aliphatic heterocycles. The molecule has 1 aromatic carbocycles. The molecule has 3 nitrogen and oxygen atoms in total. The van der Waals surface area contributed by atoms with Gasteiger partial charge in [-0.05, 0) is 44.0 Å². The highest BCUT2D eigenvalue weighted by molar-refractivity contribution is 5.91. The average molecular weight is 204 g/mol. The van der Waals surface area contributed by atoms with Gasteiger partial charge < -0.3 is 15.8 Å². The van der Waals surface area contributed by atoms with Gasteiger partial charge in [0.15, 0.2) is 0 Å². The van der Waals surface area contributed by atoms with Crippen molar-refractivity contribution < 1.29 is 5.11 Å². The summed E-state index contributed by atoms with van der Waals surface area (Å²) in [5.74, 6) is 0.375. The quantitative estimate of drug-likeness (QED) is 0.700. The van der Waals surface area contributed by atoms with Gasteiger partial charge in [0.2, 0.25) is 0 Å². The number of nitrogens with one attached hydrogen (secondary N) is 1. The van der Waals surface area contributed by atoms with Crippen LogP contribution in [0.5, 0.6) is 5.75 Å². The minimum atomic E-state index is 0.375. The maximum atomic E-state index is 10.1. The molecule has 0 radical (unpaired) electrons. The number of fused-ring (bicyclic) bond motifs is 1. The van der Waals surface area contributed by atoms with Crippen LogP contribution in [0.15, 0.2) is 12.1 Å². The van der Waals surface area contributed by atoms with E-state index in [1.807, 2.05) is 26.0 Å². The van der Waals surface area contributed by atoms with Gasteiger partial charge in [0, 0.05) is 16.6 Å².